The fourth-order valence-electron chi connectivity index (χ4n) is 4.79. The van der Waals surface area contributed by atoms with E-state index < -0.39 is 0 Å². The molecule has 2 saturated carbocycles. The van der Waals surface area contributed by atoms with Gasteiger partial charge < -0.3 is 10.6 Å². The molecule has 2 fully saturated rings. The van der Waals surface area contributed by atoms with Crippen LogP contribution in [0, 0.1) is 29.6 Å². The van der Waals surface area contributed by atoms with E-state index in [9.17, 15) is 0 Å². The van der Waals surface area contributed by atoms with Crippen LogP contribution >= 0.6 is 0 Å². The van der Waals surface area contributed by atoms with Crippen LogP contribution in [0.15, 0.2) is 0 Å². The summed E-state index contributed by atoms with van der Waals surface area (Å²) in [6, 6.07) is 0.622. The summed E-state index contributed by atoms with van der Waals surface area (Å²) >= 11 is 0. The highest BCUT2D eigenvalue weighted by Crippen LogP contribution is 2.56. The molecule has 2 rings (SSSR count). The van der Waals surface area contributed by atoms with Crippen LogP contribution in [-0.2, 0) is 0 Å². The Morgan fingerprint density at radius 1 is 1.21 bits per heavy atom. The molecule has 0 bridgehead atoms. The van der Waals surface area contributed by atoms with Crippen LogP contribution in [0.1, 0.15) is 53.4 Å². The maximum Gasteiger partial charge on any atom is 0.0228 e. The summed E-state index contributed by atoms with van der Waals surface area (Å²) in [5.41, 5.74) is 0.362. The van der Waals surface area contributed by atoms with Gasteiger partial charge in [0, 0.05) is 11.6 Å². The predicted molar refractivity (Wildman–Crippen MR) is 83.3 cm³/mol. The van der Waals surface area contributed by atoms with Gasteiger partial charge >= 0.3 is 0 Å². The van der Waals surface area contributed by atoms with E-state index >= 15 is 0 Å². The molecule has 0 aromatic heterocycles. The molecule has 0 radical (unpaired) electrons. The van der Waals surface area contributed by atoms with Crippen molar-refractivity contribution in [3.8, 4) is 0 Å². The van der Waals surface area contributed by atoms with Crippen molar-refractivity contribution in [2.24, 2.45) is 29.6 Å². The second kappa shape index (κ2) is 5.73. The molecular weight excluding hydrogens is 232 g/mol. The Morgan fingerprint density at radius 2 is 1.89 bits per heavy atom. The fraction of sp³-hybridized carbons (Fsp3) is 1.00. The number of nitrogens with one attached hydrogen (secondary N) is 2. The van der Waals surface area contributed by atoms with E-state index in [1.54, 1.807) is 0 Å². The highest BCUT2D eigenvalue weighted by atomic mass is 15.1. The fourth-order valence-corrected chi connectivity index (χ4v) is 4.79. The van der Waals surface area contributed by atoms with Gasteiger partial charge in [0.15, 0.2) is 0 Å². The summed E-state index contributed by atoms with van der Waals surface area (Å²) in [5.74, 6) is 4.50. The molecule has 0 spiro atoms. The van der Waals surface area contributed by atoms with Crippen molar-refractivity contribution in [2.75, 3.05) is 14.1 Å². The van der Waals surface area contributed by atoms with Crippen LogP contribution in [0.4, 0.5) is 0 Å². The minimum Gasteiger partial charge on any atom is -0.317 e. The van der Waals surface area contributed by atoms with Crippen molar-refractivity contribution in [2.45, 2.75) is 65.0 Å². The van der Waals surface area contributed by atoms with E-state index in [1.807, 2.05) is 0 Å². The molecule has 7 atom stereocenters. The molecule has 0 amide bonds. The summed E-state index contributed by atoms with van der Waals surface area (Å²) in [4.78, 5) is 0. The lowest BCUT2D eigenvalue weighted by molar-refractivity contribution is 0.307. The van der Waals surface area contributed by atoms with Crippen molar-refractivity contribution < 1.29 is 0 Å². The minimum atomic E-state index is 0.362. The third-order valence-electron chi connectivity index (χ3n) is 6.49. The van der Waals surface area contributed by atoms with Gasteiger partial charge in [-0.3, -0.25) is 0 Å². The SMILES string of the molecule is CNC(C)C1C(CC(C)C2CCC(C)C2)C1(C)NC. The monoisotopic (exact) mass is 266 g/mol. The molecule has 0 saturated heterocycles. The molecule has 0 heterocycles. The van der Waals surface area contributed by atoms with Gasteiger partial charge in [-0.2, -0.15) is 0 Å². The highest BCUT2D eigenvalue weighted by molar-refractivity contribution is 5.17. The number of hydrogen-bond donors (Lipinski definition) is 2. The first-order valence-corrected chi connectivity index (χ1v) is 8.30. The predicted octanol–water partition coefficient (Wildman–Crippen LogP) is 3.28. The Hall–Kier alpha value is -0.0800. The van der Waals surface area contributed by atoms with Gasteiger partial charge in [-0.05, 0) is 76.8 Å². The molecule has 2 nitrogen and oxygen atoms in total. The van der Waals surface area contributed by atoms with Crippen LogP contribution in [0.5, 0.6) is 0 Å². The third kappa shape index (κ3) is 2.85. The van der Waals surface area contributed by atoms with E-state index in [0.29, 0.717) is 11.6 Å². The van der Waals surface area contributed by atoms with Gasteiger partial charge in [0.25, 0.3) is 0 Å². The van der Waals surface area contributed by atoms with Crippen LogP contribution < -0.4 is 10.6 Å². The summed E-state index contributed by atoms with van der Waals surface area (Å²) < 4.78 is 0. The first kappa shape index (κ1) is 15.3. The molecular formula is C17H34N2. The van der Waals surface area contributed by atoms with Gasteiger partial charge in [0.2, 0.25) is 0 Å². The van der Waals surface area contributed by atoms with Gasteiger partial charge in [-0.1, -0.05) is 20.3 Å². The van der Waals surface area contributed by atoms with Gasteiger partial charge in [-0.15, -0.1) is 0 Å². The maximum atomic E-state index is 3.60. The number of hydrogen-bond acceptors (Lipinski definition) is 2. The Bertz CT molecular complexity index is 304. The zero-order valence-electron chi connectivity index (χ0n) is 13.8. The molecule has 7 unspecified atom stereocenters. The van der Waals surface area contributed by atoms with Crippen LogP contribution in [-0.4, -0.2) is 25.7 Å². The first-order valence-electron chi connectivity index (χ1n) is 8.30. The molecule has 2 heteroatoms. The molecule has 112 valence electrons. The second-order valence-electron chi connectivity index (χ2n) is 7.63. The smallest absolute Gasteiger partial charge is 0.0228 e. The quantitative estimate of drug-likeness (QED) is 0.771. The van der Waals surface area contributed by atoms with Crippen LogP contribution in [0.3, 0.4) is 0 Å². The Kier molecular flexibility index (Phi) is 4.62. The normalized spacial score (nSPS) is 45.2. The van der Waals surface area contributed by atoms with Crippen molar-refractivity contribution in [3.63, 3.8) is 0 Å². The molecule has 2 aliphatic rings. The highest BCUT2D eigenvalue weighted by Gasteiger charge is 2.61. The molecule has 0 aromatic carbocycles. The Balaban J connectivity index is 1.91. The Morgan fingerprint density at radius 3 is 2.37 bits per heavy atom. The third-order valence-corrected chi connectivity index (χ3v) is 6.49. The van der Waals surface area contributed by atoms with Gasteiger partial charge in [-0.25, -0.2) is 0 Å². The lowest BCUT2D eigenvalue weighted by Crippen LogP contribution is -2.34. The van der Waals surface area contributed by atoms with E-state index in [2.05, 4.69) is 52.4 Å². The minimum absolute atomic E-state index is 0.362. The van der Waals surface area contributed by atoms with Gasteiger partial charge in [0.05, 0.1) is 0 Å². The van der Waals surface area contributed by atoms with Crippen molar-refractivity contribution in [3.05, 3.63) is 0 Å². The zero-order valence-corrected chi connectivity index (χ0v) is 13.8. The van der Waals surface area contributed by atoms with Crippen LogP contribution in [0.25, 0.3) is 0 Å². The summed E-state index contributed by atoms with van der Waals surface area (Å²) in [6.07, 6.45) is 5.80. The van der Waals surface area contributed by atoms with E-state index in [0.717, 1.165) is 29.6 Å². The largest absolute Gasteiger partial charge is 0.317 e. The van der Waals surface area contributed by atoms with E-state index in [1.165, 1.54) is 25.7 Å². The lowest BCUT2D eigenvalue weighted by atomic mass is 9.86. The standard InChI is InChI=1S/C17H34N2/c1-11-7-8-14(9-11)12(2)10-15-16(13(3)18-5)17(15,4)19-6/h11-16,18-19H,7-10H2,1-6H3. The summed E-state index contributed by atoms with van der Waals surface area (Å²) in [5, 5.41) is 7.05. The average molecular weight is 266 g/mol. The van der Waals surface area contributed by atoms with E-state index in [4.69, 9.17) is 0 Å². The lowest BCUT2D eigenvalue weighted by Gasteiger charge is -2.20. The van der Waals surface area contributed by atoms with Gasteiger partial charge in [0.1, 0.15) is 0 Å². The maximum absolute atomic E-state index is 3.60. The summed E-state index contributed by atoms with van der Waals surface area (Å²) in [6.45, 7) is 9.67. The molecule has 19 heavy (non-hydrogen) atoms. The molecule has 2 N–H and O–H groups in total. The average Bonchev–Trinajstić information content (AvgIpc) is 2.74. The summed E-state index contributed by atoms with van der Waals surface area (Å²) in [7, 11) is 4.23. The molecule has 2 aliphatic carbocycles. The van der Waals surface area contributed by atoms with E-state index in [-0.39, 0.29) is 0 Å². The Labute approximate surface area is 120 Å². The van der Waals surface area contributed by atoms with Crippen LogP contribution in [0.2, 0.25) is 0 Å². The van der Waals surface area contributed by atoms with Crippen molar-refractivity contribution in [1.82, 2.24) is 10.6 Å². The van der Waals surface area contributed by atoms with Crippen molar-refractivity contribution >= 4 is 0 Å². The second-order valence-corrected chi connectivity index (χ2v) is 7.63. The molecule has 0 aromatic rings. The van der Waals surface area contributed by atoms with Crippen molar-refractivity contribution in [1.29, 1.82) is 0 Å². The molecule has 0 aliphatic heterocycles. The zero-order chi connectivity index (χ0) is 14.2. The topological polar surface area (TPSA) is 24.1 Å². The number of rotatable bonds is 6. The first-order chi connectivity index (χ1) is 8.93.